The van der Waals surface area contributed by atoms with Crippen LogP contribution in [0.4, 0.5) is 5.69 Å². The van der Waals surface area contributed by atoms with Crippen molar-refractivity contribution < 1.29 is 24.0 Å². The number of benzene rings is 3. The van der Waals surface area contributed by atoms with Gasteiger partial charge in [-0.05, 0) is 41.3 Å². The number of nitro benzene ring substituents is 1. The topological polar surface area (TPSA) is 135 Å². The number of phenolic OH excluding ortho intramolecular Hbond substituents is 1. The largest absolute Gasteiger partial charge is 0.502 e. The second-order valence-corrected chi connectivity index (χ2v) is 7.40. The molecule has 0 aliphatic carbocycles. The fourth-order valence-corrected chi connectivity index (χ4v) is 3.45. The number of hydrazine groups is 1. The maximum atomic E-state index is 12.7. The average molecular weight is 457 g/mol. The van der Waals surface area contributed by atoms with E-state index in [0.29, 0.717) is 5.56 Å². The van der Waals surface area contributed by atoms with Gasteiger partial charge in [0.1, 0.15) is 0 Å². The highest BCUT2D eigenvalue weighted by molar-refractivity contribution is 6.01. The molecule has 9 nitrogen and oxygen atoms in total. The summed E-state index contributed by atoms with van der Waals surface area (Å²) < 4.78 is 5.36. The molecule has 0 fully saturated rings. The van der Waals surface area contributed by atoms with Crippen LogP contribution in [0.1, 0.15) is 32.0 Å². The average Bonchev–Trinajstić information content (AvgIpc) is 3.33. The number of phenols is 1. The lowest BCUT2D eigenvalue weighted by Gasteiger charge is -2.09. The van der Waals surface area contributed by atoms with Crippen LogP contribution < -0.4 is 10.9 Å². The van der Waals surface area contributed by atoms with Crippen LogP contribution in [0.5, 0.6) is 5.75 Å². The highest BCUT2D eigenvalue weighted by Gasteiger charge is 2.20. The molecular formula is C25H19N3O6. The van der Waals surface area contributed by atoms with E-state index in [2.05, 4.69) is 10.9 Å². The summed E-state index contributed by atoms with van der Waals surface area (Å²) in [5.74, 6) is -2.07. The molecule has 0 spiro atoms. The van der Waals surface area contributed by atoms with Crippen molar-refractivity contribution in [2.45, 2.75) is 6.42 Å². The standard InChI is InChI=1S/C25H19N3O6/c29-22-10-9-19(15-21(22)28(32)33)24(30)26-27-25(31)23-20(11-12-34-23)18-8-4-7-17(14-18)13-16-5-2-1-3-6-16/h1-12,14-15,29H,13H2,(H,26,30)(H,27,31). The first-order chi connectivity index (χ1) is 16.4. The predicted octanol–water partition coefficient (Wildman–Crippen LogP) is 4.23. The lowest BCUT2D eigenvalue weighted by atomic mass is 9.99. The van der Waals surface area contributed by atoms with Crippen molar-refractivity contribution in [2.75, 3.05) is 0 Å². The maximum absolute atomic E-state index is 12.7. The molecule has 1 heterocycles. The predicted molar refractivity (Wildman–Crippen MR) is 123 cm³/mol. The molecule has 34 heavy (non-hydrogen) atoms. The minimum atomic E-state index is -0.814. The monoisotopic (exact) mass is 457 g/mol. The second-order valence-electron chi connectivity index (χ2n) is 7.40. The Morgan fingerprint density at radius 1 is 0.882 bits per heavy atom. The molecule has 1 aromatic heterocycles. The fourth-order valence-electron chi connectivity index (χ4n) is 3.45. The third kappa shape index (κ3) is 4.94. The zero-order valence-electron chi connectivity index (χ0n) is 17.7. The van der Waals surface area contributed by atoms with Gasteiger partial charge in [0.15, 0.2) is 5.75 Å². The first-order valence-electron chi connectivity index (χ1n) is 10.2. The molecule has 0 bridgehead atoms. The van der Waals surface area contributed by atoms with Gasteiger partial charge >= 0.3 is 11.6 Å². The highest BCUT2D eigenvalue weighted by Crippen LogP contribution is 2.27. The van der Waals surface area contributed by atoms with Crippen molar-refractivity contribution in [1.29, 1.82) is 0 Å². The molecule has 0 aliphatic rings. The van der Waals surface area contributed by atoms with Crippen LogP contribution in [0.15, 0.2) is 89.5 Å². The number of carbonyl (C=O) groups excluding carboxylic acids is 2. The second kappa shape index (κ2) is 9.70. The molecule has 2 amide bonds. The molecule has 0 saturated heterocycles. The Morgan fingerprint density at radius 3 is 2.38 bits per heavy atom. The van der Waals surface area contributed by atoms with Gasteiger partial charge in [-0.1, -0.05) is 54.6 Å². The van der Waals surface area contributed by atoms with Crippen LogP contribution in [-0.4, -0.2) is 21.8 Å². The Morgan fingerprint density at radius 2 is 1.62 bits per heavy atom. The van der Waals surface area contributed by atoms with E-state index in [1.54, 1.807) is 6.07 Å². The van der Waals surface area contributed by atoms with Crippen molar-refractivity contribution in [1.82, 2.24) is 10.9 Å². The minimum Gasteiger partial charge on any atom is -0.502 e. The lowest BCUT2D eigenvalue weighted by Crippen LogP contribution is -2.41. The number of hydrogen-bond acceptors (Lipinski definition) is 6. The number of amides is 2. The van der Waals surface area contributed by atoms with E-state index in [1.165, 1.54) is 12.3 Å². The first kappa shape index (κ1) is 22.3. The lowest BCUT2D eigenvalue weighted by molar-refractivity contribution is -0.385. The Bertz CT molecular complexity index is 1360. The van der Waals surface area contributed by atoms with Crippen LogP contribution >= 0.6 is 0 Å². The van der Waals surface area contributed by atoms with Crippen molar-refractivity contribution in [3.63, 3.8) is 0 Å². The molecule has 4 rings (SSSR count). The molecule has 0 unspecified atom stereocenters. The molecule has 3 aromatic carbocycles. The van der Waals surface area contributed by atoms with Crippen LogP contribution in [0, 0.1) is 10.1 Å². The van der Waals surface area contributed by atoms with Gasteiger partial charge in [-0.3, -0.25) is 30.6 Å². The van der Waals surface area contributed by atoms with Crippen LogP contribution in [0.3, 0.4) is 0 Å². The van der Waals surface area contributed by atoms with Gasteiger partial charge in [0, 0.05) is 17.2 Å². The van der Waals surface area contributed by atoms with Gasteiger partial charge in [0.05, 0.1) is 11.2 Å². The van der Waals surface area contributed by atoms with Crippen molar-refractivity contribution in [2.24, 2.45) is 0 Å². The number of nitro groups is 1. The summed E-state index contributed by atoms with van der Waals surface area (Å²) >= 11 is 0. The first-order valence-corrected chi connectivity index (χ1v) is 10.2. The number of rotatable bonds is 6. The maximum Gasteiger partial charge on any atom is 0.311 e. The molecule has 4 aromatic rings. The summed E-state index contributed by atoms with van der Waals surface area (Å²) in [6.45, 7) is 0. The van der Waals surface area contributed by atoms with Crippen molar-refractivity contribution in [3.05, 3.63) is 118 Å². The summed E-state index contributed by atoms with van der Waals surface area (Å²) in [6, 6.07) is 22.5. The number of furan rings is 1. The normalized spacial score (nSPS) is 10.5. The van der Waals surface area contributed by atoms with Gasteiger partial charge in [-0.15, -0.1) is 0 Å². The summed E-state index contributed by atoms with van der Waals surface area (Å²) in [7, 11) is 0. The van der Waals surface area contributed by atoms with E-state index in [9.17, 15) is 24.8 Å². The molecular weight excluding hydrogens is 438 g/mol. The molecule has 9 heteroatoms. The van der Waals surface area contributed by atoms with Crippen LogP contribution in [0.25, 0.3) is 11.1 Å². The number of aromatic hydroxyl groups is 1. The molecule has 0 saturated carbocycles. The summed E-state index contributed by atoms with van der Waals surface area (Å²) in [5, 5.41) is 20.5. The van der Waals surface area contributed by atoms with Crippen LogP contribution in [0.2, 0.25) is 0 Å². The van der Waals surface area contributed by atoms with E-state index in [-0.39, 0.29) is 11.3 Å². The van der Waals surface area contributed by atoms with Gasteiger partial charge < -0.3 is 9.52 Å². The van der Waals surface area contributed by atoms with Gasteiger partial charge in [0.25, 0.3) is 5.91 Å². The Balaban J connectivity index is 1.47. The molecule has 170 valence electrons. The number of hydrogen-bond donors (Lipinski definition) is 3. The van der Waals surface area contributed by atoms with Gasteiger partial charge in [0.2, 0.25) is 5.76 Å². The number of nitrogens with one attached hydrogen (secondary N) is 2. The van der Waals surface area contributed by atoms with Crippen molar-refractivity contribution >= 4 is 17.5 Å². The Hall–Kier alpha value is -4.92. The quantitative estimate of drug-likeness (QED) is 0.293. The summed E-state index contributed by atoms with van der Waals surface area (Å²) in [5.41, 5.74) is 7.23. The number of nitrogens with zero attached hydrogens (tertiary/aromatic N) is 1. The fraction of sp³-hybridized carbons (Fsp3) is 0.0400. The van der Waals surface area contributed by atoms with E-state index in [1.807, 2.05) is 54.6 Å². The zero-order chi connectivity index (χ0) is 24.1. The Labute approximate surface area is 193 Å². The summed E-state index contributed by atoms with van der Waals surface area (Å²) in [4.78, 5) is 35.1. The van der Waals surface area contributed by atoms with E-state index < -0.39 is 28.2 Å². The SMILES string of the molecule is O=C(NNC(=O)c1occc1-c1cccc(Cc2ccccc2)c1)c1ccc(O)c([N+](=O)[O-])c1. The number of carbonyl (C=O) groups is 2. The van der Waals surface area contributed by atoms with E-state index >= 15 is 0 Å². The zero-order valence-corrected chi connectivity index (χ0v) is 17.7. The molecule has 3 N–H and O–H groups in total. The van der Waals surface area contributed by atoms with E-state index in [0.717, 1.165) is 35.2 Å². The molecule has 0 aliphatic heterocycles. The van der Waals surface area contributed by atoms with Crippen molar-refractivity contribution in [3.8, 4) is 16.9 Å². The van der Waals surface area contributed by atoms with E-state index in [4.69, 9.17) is 4.42 Å². The third-order valence-electron chi connectivity index (χ3n) is 5.08. The van der Waals surface area contributed by atoms with Gasteiger partial charge in [-0.25, -0.2) is 0 Å². The smallest absolute Gasteiger partial charge is 0.311 e. The highest BCUT2D eigenvalue weighted by atomic mass is 16.6. The summed E-state index contributed by atoms with van der Waals surface area (Å²) in [6.07, 6.45) is 2.10. The molecule has 0 atom stereocenters. The van der Waals surface area contributed by atoms with Gasteiger partial charge in [-0.2, -0.15) is 0 Å². The van der Waals surface area contributed by atoms with Crippen LogP contribution in [-0.2, 0) is 6.42 Å². The third-order valence-corrected chi connectivity index (χ3v) is 5.08. The Kier molecular flexibility index (Phi) is 6.35. The minimum absolute atomic E-state index is 0.00570. The molecule has 0 radical (unpaired) electrons.